The van der Waals surface area contributed by atoms with E-state index < -0.39 is 24.3 Å². The highest BCUT2D eigenvalue weighted by Gasteiger charge is 2.25. The van der Waals surface area contributed by atoms with E-state index in [0.717, 1.165) is 77.0 Å². The number of rotatable bonds is 62. The lowest BCUT2D eigenvalue weighted by atomic mass is 10.0. The van der Waals surface area contributed by atoms with Gasteiger partial charge in [-0.2, -0.15) is 0 Å². The molecule has 0 aliphatic rings. The van der Waals surface area contributed by atoms with E-state index in [2.05, 4.69) is 98.9 Å². The number of esters is 2. The van der Waals surface area contributed by atoms with Gasteiger partial charge in [-0.3, -0.25) is 9.59 Å². The Kier molecular flexibility index (Phi) is 59.8. The first-order valence-electron chi connectivity index (χ1n) is 33.8. The lowest BCUT2D eigenvalue weighted by molar-refractivity contribution is -0.870. The number of ether oxygens (including phenoxy) is 4. The van der Waals surface area contributed by atoms with Crippen molar-refractivity contribution in [2.24, 2.45) is 0 Å². The fourth-order valence-corrected chi connectivity index (χ4v) is 9.48. The molecule has 0 amide bonds. The number of hydrogen-bond acceptors (Lipinski definition) is 7. The summed E-state index contributed by atoms with van der Waals surface area (Å²) in [7, 11) is 5.98. The van der Waals surface area contributed by atoms with Gasteiger partial charge in [0.2, 0.25) is 0 Å². The first-order valence-corrected chi connectivity index (χ1v) is 33.8. The topological polar surface area (TPSA) is 108 Å². The number of carboxylic acid groups (broad SMARTS) is 1. The van der Waals surface area contributed by atoms with Crippen LogP contribution in [0.3, 0.4) is 0 Å². The molecule has 0 aliphatic heterocycles. The van der Waals surface area contributed by atoms with Crippen LogP contribution in [0.5, 0.6) is 0 Å². The molecule has 0 aliphatic carbocycles. The lowest BCUT2D eigenvalue weighted by Crippen LogP contribution is -2.40. The lowest BCUT2D eigenvalue weighted by Gasteiger charge is -2.25. The van der Waals surface area contributed by atoms with Gasteiger partial charge < -0.3 is 28.5 Å². The van der Waals surface area contributed by atoms with Crippen LogP contribution in [0, 0.1) is 0 Å². The van der Waals surface area contributed by atoms with Crippen LogP contribution in [-0.2, 0) is 33.3 Å². The van der Waals surface area contributed by atoms with Gasteiger partial charge >= 0.3 is 17.9 Å². The average molecular weight is 1140 g/mol. The number of likely N-dealkylation sites (N-methyl/N-ethyl adjacent to an activating group) is 1. The number of hydrogen-bond donors (Lipinski definition) is 1. The molecule has 9 nitrogen and oxygen atoms in total. The number of unbranched alkanes of at least 4 members (excludes halogenated alkanes) is 33. The van der Waals surface area contributed by atoms with Gasteiger partial charge in [0.1, 0.15) is 13.2 Å². The Hall–Kier alpha value is -3.53. The molecule has 2 unspecified atom stereocenters. The molecule has 2 atom stereocenters. The summed E-state index contributed by atoms with van der Waals surface area (Å²) in [5, 5.41) is 9.72. The van der Waals surface area contributed by atoms with Gasteiger partial charge in [-0.05, 0) is 89.9 Å². The van der Waals surface area contributed by atoms with Gasteiger partial charge in [-0.1, -0.05) is 279 Å². The fraction of sp³-hybridized carbons (Fsp3) is 0.764. The smallest absolute Gasteiger partial charge is 0.361 e. The normalized spacial score (nSPS) is 13.2. The Balaban J connectivity index is 4.02. The maximum atomic E-state index is 12.9. The molecule has 1 N–H and O–H groups in total. The largest absolute Gasteiger partial charge is 0.477 e. The monoisotopic (exact) mass is 1130 g/mol. The predicted octanol–water partition coefficient (Wildman–Crippen LogP) is 20.7. The zero-order valence-corrected chi connectivity index (χ0v) is 53.4. The molecule has 0 fully saturated rings. The van der Waals surface area contributed by atoms with Crippen LogP contribution < -0.4 is 0 Å². The molecule has 0 saturated heterocycles. The van der Waals surface area contributed by atoms with Crippen molar-refractivity contribution in [2.45, 2.75) is 309 Å². The van der Waals surface area contributed by atoms with Crippen molar-refractivity contribution >= 4 is 17.9 Å². The standard InChI is InChI=1S/C72H127NO8/c1-6-8-10-12-14-16-18-20-22-24-25-26-27-28-29-30-31-32-33-34-35-36-37-38-39-40-41-42-43-44-45-47-49-51-53-55-57-59-61-63-70(75)81-68(67-80-72(71(76)77)78-65-64-73(3,4)5)66-79-69(74)62-60-58-56-54-52-50-48-46-23-21-19-17-15-13-11-9-7-2/h8,10,14,16,20-23,25-26,28-29,31-32,68,72H,6-7,9,11-13,15,17-19,24,27,30,33-67H2,1-5H3/p+1/b10-8-,16-14-,22-20-,23-21-,26-25-,29-28-,32-31-. The fourth-order valence-electron chi connectivity index (χ4n) is 9.48. The van der Waals surface area contributed by atoms with Crippen molar-refractivity contribution in [1.82, 2.24) is 0 Å². The molecule has 0 saturated carbocycles. The van der Waals surface area contributed by atoms with Crippen LogP contribution in [0.25, 0.3) is 0 Å². The molecule has 0 spiro atoms. The zero-order valence-electron chi connectivity index (χ0n) is 53.4. The van der Waals surface area contributed by atoms with E-state index in [9.17, 15) is 19.5 Å². The highest BCUT2D eigenvalue weighted by molar-refractivity contribution is 5.71. The highest BCUT2D eigenvalue weighted by atomic mass is 16.7. The molecule has 0 heterocycles. The van der Waals surface area contributed by atoms with E-state index in [1.165, 1.54) is 193 Å². The minimum atomic E-state index is -1.51. The Morgan fingerprint density at radius 2 is 0.704 bits per heavy atom. The average Bonchev–Trinajstić information content (AvgIpc) is 3.44. The van der Waals surface area contributed by atoms with Crippen molar-refractivity contribution in [3.8, 4) is 0 Å². The first-order chi connectivity index (χ1) is 39.6. The van der Waals surface area contributed by atoms with Crippen molar-refractivity contribution in [2.75, 3.05) is 47.5 Å². The van der Waals surface area contributed by atoms with Gasteiger partial charge in [0.25, 0.3) is 6.29 Å². The third-order valence-electron chi connectivity index (χ3n) is 14.6. The van der Waals surface area contributed by atoms with Crippen LogP contribution in [0.1, 0.15) is 296 Å². The number of allylic oxidation sites excluding steroid dienone is 14. The molecule has 0 aromatic rings. The second-order valence-electron chi connectivity index (χ2n) is 23.7. The van der Waals surface area contributed by atoms with Crippen LogP contribution >= 0.6 is 0 Å². The van der Waals surface area contributed by atoms with Gasteiger partial charge in [0, 0.05) is 12.8 Å². The van der Waals surface area contributed by atoms with Crippen molar-refractivity contribution in [3.05, 3.63) is 85.1 Å². The SMILES string of the molecule is CC/C=C\C/C=C\C/C=C\C/C=C\C/C=C\C/C=C\CCCCCCCCCCCCCCCCCCCCCCC(=O)OC(COC(=O)CCCCCCCCC/C=C\CCCCCCCC)COC(OCC[N+](C)(C)C)C(=O)O. The quantitative estimate of drug-likeness (QED) is 0.0211. The summed E-state index contributed by atoms with van der Waals surface area (Å²) >= 11 is 0. The minimum absolute atomic E-state index is 0.183. The van der Waals surface area contributed by atoms with Crippen LogP contribution in [0.15, 0.2) is 85.1 Å². The number of carbonyl (C=O) groups is 3. The molecular weight excluding hydrogens is 1010 g/mol. The molecule has 0 aromatic heterocycles. The molecule has 0 rings (SSSR count). The van der Waals surface area contributed by atoms with Gasteiger partial charge in [-0.15, -0.1) is 0 Å². The Morgan fingerprint density at radius 1 is 0.383 bits per heavy atom. The van der Waals surface area contributed by atoms with Crippen LogP contribution in [0.2, 0.25) is 0 Å². The van der Waals surface area contributed by atoms with E-state index >= 15 is 0 Å². The van der Waals surface area contributed by atoms with E-state index in [1.807, 2.05) is 21.1 Å². The Morgan fingerprint density at radius 3 is 1.06 bits per heavy atom. The summed E-state index contributed by atoms with van der Waals surface area (Å²) in [6.45, 7) is 4.78. The van der Waals surface area contributed by atoms with E-state index in [0.29, 0.717) is 17.4 Å². The molecule has 0 radical (unpaired) electrons. The maximum Gasteiger partial charge on any atom is 0.361 e. The summed E-state index contributed by atoms with van der Waals surface area (Å²) in [6, 6.07) is 0. The summed E-state index contributed by atoms with van der Waals surface area (Å²) in [5.41, 5.74) is 0. The molecular formula is C72H128NO8+. The summed E-state index contributed by atoms with van der Waals surface area (Å²) in [6.07, 6.45) is 81.2. The molecule has 9 heteroatoms. The van der Waals surface area contributed by atoms with Gasteiger partial charge in [-0.25, -0.2) is 4.79 Å². The number of carbonyl (C=O) groups excluding carboxylic acids is 2. The van der Waals surface area contributed by atoms with Crippen molar-refractivity contribution in [3.63, 3.8) is 0 Å². The maximum absolute atomic E-state index is 12.9. The molecule has 81 heavy (non-hydrogen) atoms. The molecule has 0 bridgehead atoms. The van der Waals surface area contributed by atoms with Gasteiger partial charge in [0.15, 0.2) is 6.10 Å². The van der Waals surface area contributed by atoms with Crippen molar-refractivity contribution in [1.29, 1.82) is 0 Å². The summed E-state index contributed by atoms with van der Waals surface area (Å²) in [4.78, 5) is 37.5. The summed E-state index contributed by atoms with van der Waals surface area (Å²) in [5.74, 6) is -2.00. The van der Waals surface area contributed by atoms with Crippen LogP contribution in [-0.4, -0.2) is 87.4 Å². The van der Waals surface area contributed by atoms with E-state index in [1.54, 1.807) is 0 Å². The second kappa shape index (κ2) is 62.5. The first kappa shape index (κ1) is 77.5. The second-order valence-corrected chi connectivity index (χ2v) is 23.7. The number of nitrogens with zero attached hydrogens (tertiary/aromatic N) is 1. The minimum Gasteiger partial charge on any atom is -0.477 e. The van der Waals surface area contributed by atoms with E-state index in [-0.39, 0.29) is 32.2 Å². The number of carboxylic acids is 1. The number of aliphatic carboxylic acids is 1. The van der Waals surface area contributed by atoms with Crippen molar-refractivity contribution < 1.29 is 42.9 Å². The third-order valence-corrected chi connectivity index (χ3v) is 14.6. The third kappa shape index (κ3) is 63.9. The Labute approximate surface area is 500 Å². The molecule has 0 aromatic carbocycles. The van der Waals surface area contributed by atoms with E-state index in [4.69, 9.17) is 18.9 Å². The predicted molar refractivity (Wildman–Crippen MR) is 346 cm³/mol. The zero-order chi connectivity index (χ0) is 59.1. The number of quaternary nitrogens is 1. The summed E-state index contributed by atoms with van der Waals surface area (Å²) < 4.78 is 22.9. The Bertz CT molecular complexity index is 1600. The molecule has 468 valence electrons. The highest BCUT2D eigenvalue weighted by Crippen LogP contribution is 2.17. The van der Waals surface area contributed by atoms with Gasteiger partial charge in [0.05, 0.1) is 34.4 Å². The van der Waals surface area contributed by atoms with Crippen LogP contribution in [0.4, 0.5) is 0 Å².